The normalized spacial score (nSPS) is 64.4. The molecule has 8 atom stereocenters. The zero-order chi connectivity index (χ0) is 14.5. The highest BCUT2D eigenvalue weighted by Crippen LogP contribution is 2.81. The van der Waals surface area contributed by atoms with Crippen LogP contribution in [-0.2, 0) is 9.47 Å². The van der Waals surface area contributed by atoms with E-state index in [1.165, 1.54) is 38.5 Å². The standard InChI is InChI=1S/C19H30O2/c1-17-6-5-14-13(15(17)10-21-11-17)8-16(20-3)19-9-12(19)4-7-18(14,19)2/h12-16H,4-11H2,1-3H3/t12-,13+,14-,15-,16+,17+,18+,19-/m0/s1. The molecule has 0 aromatic rings. The van der Waals surface area contributed by atoms with Gasteiger partial charge in [-0.3, -0.25) is 0 Å². The average molecular weight is 290 g/mol. The second-order valence-corrected chi connectivity index (χ2v) is 9.44. The summed E-state index contributed by atoms with van der Waals surface area (Å²) in [5, 5.41) is 0. The van der Waals surface area contributed by atoms with Crippen LogP contribution in [0.15, 0.2) is 0 Å². The van der Waals surface area contributed by atoms with Crippen molar-refractivity contribution in [2.24, 2.45) is 39.9 Å². The molecule has 1 heterocycles. The molecule has 0 unspecified atom stereocenters. The number of rotatable bonds is 1. The average Bonchev–Trinajstić information content (AvgIpc) is 2.94. The number of fused-ring (bicyclic) bond motifs is 4. The lowest BCUT2D eigenvalue weighted by atomic mass is 9.46. The van der Waals surface area contributed by atoms with E-state index in [-0.39, 0.29) is 0 Å². The maximum Gasteiger partial charge on any atom is 0.0638 e. The van der Waals surface area contributed by atoms with Crippen molar-refractivity contribution in [3.8, 4) is 0 Å². The predicted molar refractivity (Wildman–Crippen MR) is 81.9 cm³/mol. The third-order valence-corrected chi connectivity index (χ3v) is 9.08. The Kier molecular flexibility index (Phi) is 2.46. The zero-order valence-electron chi connectivity index (χ0n) is 13.9. The molecule has 21 heavy (non-hydrogen) atoms. The molecule has 2 nitrogen and oxygen atoms in total. The summed E-state index contributed by atoms with van der Waals surface area (Å²) in [6.45, 7) is 7.15. The molecule has 4 aliphatic carbocycles. The van der Waals surface area contributed by atoms with E-state index in [2.05, 4.69) is 13.8 Å². The molecule has 4 saturated carbocycles. The summed E-state index contributed by atoms with van der Waals surface area (Å²) in [5.41, 5.74) is 1.59. The highest BCUT2D eigenvalue weighted by Gasteiger charge is 2.77. The van der Waals surface area contributed by atoms with E-state index in [9.17, 15) is 0 Å². The van der Waals surface area contributed by atoms with Crippen LogP contribution in [0.25, 0.3) is 0 Å². The van der Waals surface area contributed by atoms with E-state index in [0.717, 1.165) is 36.9 Å². The molecule has 0 bridgehead atoms. The van der Waals surface area contributed by atoms with Crippen LogP contribution in [0.1, 0.15) is 52.4 Å². The first-order valence-corrected chi connectivity index (χ1v) is 9.16. The van der Waals surface area contributed by atoms with E-state index in [1.807, 2.05) is 7.11 Å². The van der Waals surface area contributed by atoms with Crippen LogP contribution in [0.5, 0.6) is 0 Å². The van der Waals surface area contributed by atoms with Crippen LogP contribution in [-0.4, -0.2) is 26.4 Å². The number of ether oxygens (including phenoxy) is 2. The first kappa shape index (κ1) is 13.4. The minimum absolute atomic E-state index is 0.460. The number of methoxy groups -OCH3 is 1. The molecule has 5 aliphatic rings. The summed E-state index contributed by atoms with van der Waals surface area (Å²) in [7, 11) is 1.97. The molecule has 1 spiro atoms. The van der Waals surface area contributed by atoms with Crippen molar-refractivity contribution in [1.29, 1.82) is 0 Å². The van der Waals surface area contributed by atoms with Crippen LogP contribution in [0.4, 0.5) is 0 Å². The first-order chi connectivity index (χ1) is 10.1. The Balaban J connectivity index is 1.56. The van der Waals surface area contributed by atoms with Gasteiger partial charge in [-0.2, -0.15) is 0 Å². The predicted octanol–water partition coefficient (Wildman–Crippen LogP) is 3.89. The van der Waals surface area contributed by atoms with Crippen molar-refractivity contribution in [2.45, 2.75) is 58.5 Å². The van der Waals surface area contributed by atoms with Crippen molar-refractivity contribution >= 4 is 0 Å². The summed E-state index contributed by atoms with van der Waals surface area (Å²) in [4.78, 5) is 0. The fourth-order valence-electron chi connectivity index (χ4n) is 7.90. The van der Waals surface area contributed by atoms with Gasteiger partial charge in [-0.25, -0.2) is 0 Å². The molecular formula is C19H30O2. The van der Waals surface area contributed by atoms with Gasteiger partial charge in [-0.1, -0.05) is 13.8 Å². The van der Waals surface area contributed by atoms with Crippen molar-refractivity contribution in [3.05, 3.63) is 0 Å². The number of hydrogen-bond acceptors (Lipinski definition) is 2. The van der Waals surface area contributed by atoms with Crippen molar-refractivity contribution in [1.82, 2.24) is 0 Å². The third-order valence-electron chi connectivity index (χ3n) is 9.08. The summed E-state index contributed by atoms with van der Waals surface area (Å²) in [6.07, 6.45) is 9.08. The van der Waals surface area contributed by atoms with Crippen LogP contribution in [0.3, 0.4) is 0 Å². The molecule has 5 fully saturated rings. The Bertz CT molecular complexity index is 476. The van der Waals surface area contributed by atoms with E-state index >= 15 is 0 Å². The van der Waals surface area contributed by atoms with Crippen LogP contribution >= 0.6 is 0 Å². The number of hydrogen-bond donors (Lipinski definition) is 0. The molecule has 118 valence electrons. The van der Waals surface area contributed by atoms with Crippen LogP contribution in [0, 0.1) is 39.9 Å². The van der Waals surface area contributed by atoms with Gasteiger partial charge in [0.05, 0.1) is 19.3 Å². The molecule has 5 rings (SSSR count). The second kappa shape index (κ2) is 3.87. The summed E-state index contributed by atoms with van der Waals surface area (Å²) >= 11 is 0. The quantitative estimate of drug-likeness (QED) is 0.729. The first-order valence-electron chi connectivity index (χ1n) is 9.16. The lowest BCUT2D eigenvalue weighted by Crippen LogP contribution is -2.56. The molecule has 0 amide bonds. The van der Waals surface area contributed by atoms with Gasteiger partial charge in [0.25, 0.3) is 0 Å². The SMILES string of the molecule is CO[C@@H]1C[C@H]2[C@@H]3COC[C@@]3(C)CC[C@@H]2[C@@]2(C)CC[C@H]3C[C@]312. The Morgan fingerprint density at radius 2 is 1.95 bits per heavy atom. The zero-order valence-corrected chi connectivity index (χ0v) is 13.9. The highest BCUT2D eigenvalue weighted by atomic mass is 16.5. The van der Waals surface area contributed by atoms with Gasteiger partial charge in [-0.05, 0) is 73.0 Å². The minimum Gasteiger partial charge on any atom is -0.381 e. The van der Waals surface area contributed by atoms with E-state index in [1.54, 1.807) is 0 Å². The smallest absolute Gasteiger partial charge is 0.0638 e. The largest absolute Gasteiger partial charge is 0.381 e. The summed E-state index contributed by atoms with van der Waals surface area (Å²) < 4.78 is 12.1. The van der Waals surface area contributed by atoms with E-state index < -0.39 is 0 Å². The van der Waals surface area contributed by atoms with Gasteiger partial charge < -0.3 is 9.47 Å². The molecule has 0 radical (unpaired) electrons. The van der Waals surface area contributed by atoms with Gasteiger partial charge >= 0.3 is 0 Å². The van der Waals surface area contributed by atoms with E-state index in [4.69, 9.17) is 9.47 Å². The Morgan fingerprint density at radius 1 is 1.10 bits per heavy atom. The molecular weight excluding hydrogens is 260 g/mol. The molecule has 0 N–H and O–H groups in total. The van der Waals surface area contributed by atoms with Gasteiger partial charge in [0.1, 0.15) is 0 Å². The lowest BCUT2D eigenvalue weighted by Gasteiger charge is -2.59. The minimum atomic E-state index is 0.460. The maximum atomic E-state index is 6.10. The van der Waals surface area contributed by atoms with Crippen LogP contribution < -0.4 is 0 Å². The monoisotopic (exact) mass is 290 g/mol. The van der Waals surface area contributed by atoms with Crippen molar-refractivity contribution < 1.29 is 9.47 Å². The fourth-order valence-corrected chi connectivity index (χ4v) is 7.90. The van der Waals surface area contributed by atoms with Gasteiger partial charge in [-0.15, -0.1) is 0 Å². The third kappa shape index (κ3) is 1.35. The Labute approximate surface area is 129 Å². The topological polar surface area (TPSA) is 18.5 Å². The molecule has 2 heteroatoms. The van der Waals surface area contributed by atoms with Gasteiger partial charge in [0.15, 0.2) is 0 Å². The Morgan fingerprint density at radius 3 is 2.71 bits per heavy atom. The second-order valence-electron chi connectivity index (χ2n) is 9.44. The molecule has 0 aromatic heterocycles. The highest BCUT2D eigenvalue weighted by molar-refractivity contribution is 5.25. The fraction of sp³-hybridized carbons (Fsp3) is 1.00. The van der Waals surface area contributed by atoms with E-state index in [0.29, 0.717) is 22.3 Å². The van der Waals surface area contributed by atoms with Gasteiger partial charge in [0.2, 0.25) is 0 Å². The molecule has 1 aliphatic heterocycles. The van der Waals surface area contributed by atoms with Crippen LogP contribution in [0.2, 0.25) is 0 Å². The Hall–Kier alpha value is -0.0800. The summed E-state index contributed by atoms with van der Waals surface area (Å²) in [5.74, 6) is 3.57. The van der Waals surface area contributed by atoms with Crippen molar-refractivity contribution in [3.63, 3.8) is 0 Å². The molecule has 0 aromatic carbocycles. The molecule has 1 saturated heterocycles. The maximum absolute atomic E-state index is 6.10. The van der Waals surface area contributed by atoms with Crippen molar-refractivity contribution in [2.75, 3.05) is 20.3 Å². The van der Waals surface area contributed by atoms with Gasteiger partial charge in [0, 0.05) is 12.5 Å². The summed E-state index contributed by atoms with van der Waals surface area (Å²) in [6, 6.07) is 0. The lowest BCUT2D eigenvalue weighted by molar-refractivity contribution is -0.152.